The third-order valence-corrected chi connectivity index (χ3v) is 1.67. The molecule has 0 aliphatic heterocycles. The molecule has 0 aliphatic carbocycles. The Morgan fingerprint density at radius 2 is 2.42 bits per heavy atom. The first-order chi connectivity index (χ1) is 5.70. The van der Waals surface area contributed by atoms with Crippen molar-refractivity contribution >= 4 is 12.1 Å². The summed E-state index contributed by atoms with van der Waals surface area (Å²) in [5, 5.41) is 13.7. The van der Waals surface area contributed by atoms with Crippen LogP contribution in [0.4, 0.5) is 0 Å². The Balaban J connectivity index is 3.43. The van der Waals surface area contributed by atoms with Gasteiger partial charge >= 0.3 is 0 Å². The molecular formula is C8H16N2O2. The summed E-state index contributed by atoms with van der Waals surface area (Å²) in [6.07, 6.45) is 3.19. The predicted octanol–water partition coefficient (Wildman–Crippen LogP) is 1.14. The van der Waals surface area contributed by atoms with Crippen LogP contribution in [0, 0.1) is 0 Å². The minimum Gasteiger partial charge on any atom is -0.410 e. The summed E-state index contributed by atoms with van der Waals surface area (Å²) in [4.78, 5) is 10.9. The molecule has 0 spiro atoms. The third kappa shape index (κ3) is 5.70. The summed E-state index contributed by atoms with van der Waals surface area (Å²) in [7, 11) is 0. The number of ketones is 1. The van der Waals surface area contributed by atoms with Crippen molar-refractivity contribution < 1.29 is 10.0 Å². The van der Waals surface area contributed by atoms with Crippen LogP contribution in [0.25, 0.3) is 0 Å². The number of Topliss-reactive ketones (excluding diaryl/α,β-unsaturated/α-hetero) is 1. The van der Waals surface area contributed by atoms with E-state index in [1.165, 1.54) is 6.34 Å². The molecule has 1 unspecified atom stereocenters. The molecule has 4 nitrogen and oxygen atoms in total. The first-order valence-corrected chi connectivity index (χ1v) is 4.14. The summed E-state index contributed by atoms with van der Waals surface area (Å²) in [5.41, 5.74) is 0. The minimum absolute atomic E-state index is 0.177. The normalized spacial score (nSPS) is 13.2. The molecule has 2 N–H and O–H groups in total. The Morgan fingerprint density at radius 3 is 2.92 bits per heavy atom. The number of nitrogens with zero attached hydrogens (tertiary/aromatic N) is 1. The lowest BCUT2D eigenvalue weighted by Gasteiger charge is -2.08. The highest BCUT2D eigenvalue weighted by atomic mass is 16.4. The van der Waals surface area contributed by atoms with Gasteiger partial charge in [0.05, 0.1) is 0 Å². The molecule has 0 amide bonds. The van der Waals surface area contributed by atoms with Crippen molar-refractivity contribution in [2.24, 2.45) is 5.16 Å². The van der Waals surface area contributed by atoms with E-state index < -0.39 is 0 Å². The van der Waals surface area contributed by atoms with Crippen LogP contribution in [-0.2, 0) is 4.79 Å². The van der Waals surface area contributed by atoms with Gasteiger partial charge in [-0.3, -0.25) is 4.79 Å². The van der Waals surface area contributed by atoms with Crippen molar-refractivity contribution in [1.82, 2.24) is 5.32 Å². The fourth-order valence-electron chi connectivity index (χ4n) is 0.798. The van der Waals surface area contributed by atoms with Gasteiger partial charge in [0.25, 0.3) is 0 Å². The minimum atomic E-state index is 0.177. The maximum absolute atomic E-state index is 10.9. The van der Waals surface area contributed by atoms with Crippen molar-refractivity contribution in [3.63, 3.8) is 0 Å². The Hall–Kier alpha value is -1.06. The highest BCUT2D eigenvalue weighted by Crippen LogP contribution is 1.98. The second-order valence-corrected chi connectivity index (χ2v) is 2.74. The van der Waals surface area contributed by atoms with Crippen LogP contribution < -0.4 is 5.32 Å². The number of oxime groups is 1. The SMILES string of the molecule is CCC(=O)CCC(C)NC=NO. The van der Waals surface area contributed by atoms with Gasteiger partial charge in [0.15, 0.2) is 0 Å². The van der Waals surface area contributed by atoms with Gasteiger partial charge in [0.1, 0.15) is 12.1 Å². The first kappa shape index (κ1) is 10.9. The molecule has 0 aromatic carbocycles. The monoisotopic (exact) mass is 172 g/mol. The van der Waals surface area contributed by atoms with Crippen molar-refractivity contribution in [2.45, 2.75) is 39.2 Å². The van der Waals surface area contributed by atoms with Crippen molar-refractivity contribution in [3.8, 4) is 0 Å². The second kappa shape index (κ2) is 6.64. The van der Waals surface area contributed by atoms with Gasteiger partial charge in [-0.05, 0) is 13.3 Å². The summed E-state index contributed by atoms with van der Waals surface area (Å²) in [6.45, 7) is 3.79. The molecule has 0 bridgehead atoms. The largest absolute Gasteiger partial charge is 0.410 e. The number of carbonyl (C=O) groups excluding carboxylic acids is 1. The molecule has 0 aromatic heterocycles. The maximum atomic E-state index is 10.9. The molecule has 4 heteroatoms. The lowest BCUT2D eigenvalue weighted by atomic mass is 10.1. The Kier molecular flexibility index (Phi) is 6.05. The van der Waals surface area contributed by atoms with Crippen LogP contribution in [0.15, 0.2) is 5.16 Å². The smallest absolute Gasteiger partial charge is 0.132 e. The molecule has 0 aromatic rings. The van der Waals surface area contributed by atoms with Gasteiger partial charge < -0.3 is 10.5 Å². The lowest BCUT2D eigenvalue weighted by Crippen LogP contribution is -2.24. The predicted molar refractivity (Wildman–Crippen MR) is 47.4 cm³/mol. The summed E-state index contributed by atoms with van der Waals surface area (Å²) in [6, 6.07) is 0.177. The molecule has 12 heavy (non-hydrogen) atoms. The Morgan fingerprint density at radius 1 is 1.75 bits per heavy atom. The van der Waals surface area contributed by atoms with Crippen LogP contribution in [-0.4, -0.2) is 23.4 Å². The van der Waals surface area contributed by atoms with E-state index in [2.05, 4.69) is 10.5 Å². The molecule has 0 rings (SSSR count). The molecular weight excluding hydrogens is 156 g/mol. The number of carbonyl (C=O) groups is 1. The molecule has 0 aliphatic rings. The van der Waals surface area contributed by atoms with E-state index in [9.17, 15) is 4.79 Å². The van der Waals surface area contributed by atoms with Gasteiger partial charge in [-0.1, -0.05) is 12.1 Å². The van der Waals surface area contributed by atoms with E-state index in [-0.39, 0.29) is 11.8 Å². The fourth-order valence-corrected chi connectivity index (χ4v) is 0.798. The molecule has 0 fully saturated rings. The van der Waals surface area contributed by atoms with Crippen LogP contribution in [0.5, 0.6) is 0 Å². The molecule has 1 atom stereocenters. The topological polar surface area (TPSA) is 61.7 Å². The third-order valence-electron chi connectivity index (χ3n) is 1.67. The highest BCUT2D eigenvalue weighted by Gasteiger charge is 2.02. The average Bonchev–Trinajstić information content (AvgIpc) is 2.10. The first-order valence-electron chi connectivity index (χ1n) is 4.14. The van der Waals surface area contributed by atoms with Crippen molar-refractivity contribution in [3.05, 3.63) is 0 Å². The number of rotatable bonds is 6. The van der Waals surface area contributed by atoms with Gasteiger partial charge in [-0.15, -0.1) is 0 Å². The van der Waals surface area contributed by atoms with Crippen molar-refractivity contribution in [2.75, 3.05) is 0 Å². The van der Waals surface area contributed by atoms with Crippen LogP contribution in [0.3, 0.4) is 0 Å². The molecule has 0 saturated heterocycles. The van der Waals surface area contributed by atoms with E-state index in [0.717, 1.165) is 6.42 Å². The Bertz CT molecular complexity index is 157. The van der Waals surface area contributed by atoms with E-state index in [4.69, 9.17) is 5.21 Å². The molecule has 70 valence electrons. The standard InChI is InChI=1S/C8H16N2O2/c1-3-8(11)5-4-7(2)9-6-10-12/h6-7,12H,3-5H2,1-2H3,(H,9,10). The number of nitrogens with one attached hydrogen (secondary N) is 1. The van der Waals surface area contributed by atoms with Crippen LogP contribution in [0.1, 0.15) is 33.1 Å². The molecule has 0 heterocycles. The Labute approximate surface area is 72.6 Å². The quantitative estimate of drug-likeness (QED) is 0.273. The second-order valence-electron chi connectivity index (χ2n) is 2.74. The summed E-state index contributed by atoms with van der Waals surface area (Å²) < 4.78 is 0. The highest BCUT2D eigenvalue weighted by molar-refractivity contribution is 5.78. The number of hydrogen-bond donors (Lipinski definition) is 2. The molecule has 0 saturated carbocycles. The van der Waals surface area contributed by atoms with E-state index in [1.54, 1.807) is 0 Å². The average molecular weight is 172 g/mol. The van der Waals surface area contributed by atoms with Crippen LogP contribution >= 0.6 is 0 Å². The zero-order valence-corrected chi connectivity index (χ0v) is 7.58. The van der Waals surface area contributed by atoms with Gasteiger partial charge in [0.2, 0.25) is 0 Å². The van der Waals surface area contributed by atoms with E-state index >= 15 is 0 Å². The number of hydrogen-bond acceptors (Lipinski definition) is 3. The van der Waals surface area contributed by atoms with Gasteiger partial charge in [0, 0.05) is 18.9 Å². The molecule has 0 radical (unpaired) electrons. The zero-order valence-electron chi connectivity index (χ0n) is 7.58. The van der Waals surface area contributed by atoms with E-state index in [1.807, 2.05) is 13.8 Å². The fraction of sp³-hybridized carbons (Fsp3) is 0.750. The van der Waals surface area contributed by atoms with Crippen LogP contribution in [0.2, 0.25) is 0 Å². The maximum Gasteiger partial charge on any atom is 0.132 e. The van der Waals surface area contributed by atoms with E-state index in [0.29, 0.717) is 12.8 Å². The van der Waals surface area contributed by atoms with Gasteiger partial charge in [-0.2, -0.15) is 0 Å². The van der Waals surface area contributed by atoms with Gasteiger partial charge in [-0.25, -0.2) is 0 Å². The summed E-state index contributed by atoms with van der Waals surface area (Å²) >= 11 is 0. The zero-order chi connectivity index (χ0) is 9.40. The summed E-state index contributed by atoms with van der Waals surface area (Å²) in [5.74, 6) is 0.268. The van der Waals surface area contributed by atoms with Crippen molar-refractivity contribution in [1.29, 1.82) is 0 Å². The lowest BCUT2D eigenvalue weighted by molar-refractivity contribution is -0.118.